The van der Waals surface area contributed by atoms with Crippen LogP contribution in [0.3, 0.4) is 0 Å². The second-order valence-electron chi connectivity index (χ2n) is 6.25. The van der Waals surface area contributed by atoms with Gasteiger partial charge in [0.05, 0.1) is 12.1 Å². The number of hydrogen-bond acceptors (Lipinski definition) is 2. The molecule has 1 aromatic carbocycles. The molecule has 0 aliphatic heterocycles. The Balaban J connectivity index is 2.13. The first-order valence-electron chi connectivity index (χ1n) is 7.56. The predicted octanol–water partition coefficient (Wildman–Crippen LogP) is 2.47. The number of aryl methyl sites for hydroxylation is 1. The third-order valence-corrected chi connectivity index (χ3v) is 4.46. The van der Waals surface area contributed by atoms with Gasteiger partial charge in [-0.2, -0.15) is 0 Å². The van der Waals surface area contributed by atoms with E-state index in [-0.39, 0.29) is 5.91 Å². The number of amides is 1. The molecule has 0 unspecified atom stereocenters. The molecule has 2 rings (SSSR count). The maximum atomic E-state index is 12.5. The number of nitrogens with one attached hydrogen (secondary N) is 1. The van der Waals surface area contributed by atoms with E-state index in [1.54, 1.807) is 0 Å². The standard InChI is InChI=1S/C18H24N2O/c1-13(2)18(8-9-18)12-20-17(21)16-11-14(3)6-7-15(16)5-4-10-19/h6-7,11,13H,8-10,12,19H2,1-3H3,(H,20,21). The van der Waals surface area contributed by atoms with Crippen molar-refractivity contribution >= 4 is 5.91 Å². The minimum atomic E-state index is -0.0352. The van der Waals surface area contributed by atoms with E-state index in [2.05, 4.69) is 31.0 Å². The zero-order valence-corrected chi connectivity index (χ0v) is 13.1. The molecular weight excluding hydrogens is 260 g/mol. The first-order valence-corrected chi connectivity index (χ1v) is 7.56. The number of carbonyl (C=O) groups is 1. The van der Waals surface area contributed by atoms with Crippen LogP contribution in [0.1, 0.15) is 48.2 Å². The van der Waals surface area contributed by atoms with Crippen LogP contribution in [0, 0.1) is 30.1 Å². The lowest BCUT2D eigenvalue weighted by Crippen LogP contribution is -2.33. The van der Waals surface area contributed by atoms with Crippen LogP contribution in [0.5, 0.6) is 0 Å². The Morgan fingerprint density at radius 3 is 2.71 bits per heavy atom. The maximum Gasteiger partial charge on any atom is 0.252 e. The van der Waals surface area contributed by atoms with Gasteiger partial charge in [-0.25, -0.2) is 0 Å². The van der Waals surface area contributed by atoms with Crippen LogP contribution in [0.15, 0.2) is 18.2 Å². The summed E-state index contributed by atoms with van der Waals surface area (Å²) in [6, 6.07) is 5.75. The fraction of sp³-hybridized carbons (Fsp3) is 0.500. The highest BCUT2D eigenvalue weighted by Crippen LogP contribution is 2.51. The van der Waals surface area contributed by atoms with Crippen LogP contribution < -0.4 is 11.1 Å². The monoisotopic (exact) mass is 284 g/mol. The highest BCUT2D eigenvalue weighted by atomic mass is 16.1. The Morgan fingerprint density at radius 1 is 1.43 bits per heavy atom. The third kappa shape index (κ3) is 3.65. The molecule has 1 fully saturated rings. The van der Waals surface area contributed by atoms with Gasteiger partial charge in [-0.3, -0.25) is 4.79 Å². The quantitative estimate of drug-likeness (QED) is 0.835. The highest BCUT2D eigenvalue weighted by Gasteiger charge is 2.45. The van der Waals surface area contributed by atoms with Gasteiger partial charge in [0.15, 0.2) is 0 Å². The first kappa shape index (κ1) is 15.6. The van der Waals surface area contributed by atoms with Gasteiger partial charge in [-0.05, 0) is 43.2 Å². The van der Waals surface area contributed by atoms with Crippen molar-refractivity contribution in [2.24, 2.45) is 17.1 Å². The molecule has 0 bridgehead atoms. The van der Waals surface area contributed by atoms with Crippen LogP contribution in [-0.4, -0.2) is 19.0 Å². The Morgan fingerprint density at radius 2 is 2.14 bits per heavy atom. The zero-order valence-electron chi connectivity index (χ0n) is 13.1. The van der Waals surface area contributed by atoms with Crippen molar-refractivity contribution < 1.29 is 4.79 Å². The molecule has 1 aromatic rings. The lowest BCUT2D eigenvalue weighted by Gasteiger charge is -2.20. The van der Waals surface area contributed by atoms with Crippen molar-refractivity contribution in [2.75, 3.05) is 13.1 Å². The van der Waals surface area contributed by atoms with Crippen molar-refractivity contribution in [1.29, 1.82) is 0 Å². The van der Waals surface area contributed by atoms with Crippen molar-refractivity contribution in [3.05, 3.63) is 34.9 Å². The molecule has 21 heavy (non-hydrogen) atoms. The summed E-state index contributed by atoms with van der Waals surface area (Å²) in [6.07, 6.45) is 2.41. The second-order valence-corrected chi connectivity index (χ2v) is 6.25. The van der Waals surface area contributed by atoms with Gasteiger partial charge >= 0.3 is 0 Å². The summed E-state index contributed by atoms with van der Waals surface area (Å²) in [5, 5.41) is 3.09. The second kappa shape index (κ2) is 6.32. The molecule has 3 heteroatoms. The lowest BCUT2D eigenvalue weighted by atomic mass is 9.92. The molecule has 1 saturated carbocycles. The number of hydrogen-bond donors (Lipinski definition) is 2. The van der Waals surface area contributed by atoms with E-state index < -0.39 is 0 Å². The maximum absolute atomic E-state index is 12.5. The summed E-state index contributed by atoms with van der Waals surface area (Å²) in [6.45, 7) is 7.48. The summed E-state index contributed by atoms with van der Waals surface area (Å²) in [7, 11) is 0. The van der Waals surface area contributed by atoms with E-state index >= 15 is 0 Å². The Labute approximate surface area is 127 Å². The van der Waals surface area contributed by atoms with E-state index in [1.165, 1.54) is 12.8 Å². The SMILES string of the molecule is Cc1ccc(C#CCN)c(C(=O)NCC2(C(C)C)CC2)c1. The molecular formula is C18H24N2O. The fourth-order valence-corrected chi connectivity index (χ4v) is 2.57. The van der Waals surface area contributed by atoms with Crippen molar-refractivity contribution in [2.45, 2.75) is 33.6 Å². The molecule has 0 saturated heterocycles. The van der Waals surface area contributed by atoms with Gasteiger partial charge in [-0.1, -0.05) is 37.3 Å². The first-order chi connectivity index (χ1) is 9.98. The van der Waals surface area contributed by atoms with E-state index in [0.717, 1.165) is 17.7 Å². The molecule has 3 nitrogen and oxygen atoms in total. The third-order valence-electron chi connectivity index (χ3n) is 4.46. The fourth-order valence-electron chi connectivity index (χ4n) is 2.57. The molecule has 0 radical (unpaired) electrons. The van der Waals surface area contributed by atoms with Crippen LogP contribution in [0.4, 0.5) is 0 Å². The summed E-state index contributed by atoms with van der Waals surface area (Å²) >= 11 is 0. The summed E-state index contributed by atoms with van der Waals surface area (Å²) < 4.78 is 0. The van der Waals surface area contributed by atoms with Crippen molar-refractivity contribution in [1.82, 2.24) is 5.32 Å². The van der Waals surface area contributed by atoms with E-state index in [1.807, 2.05) is 25.1 Å². The van der Waals surface area contributed by atoms with Gasteiger partial charge in [0.25, 0.3) is 5.91 Å². The van der Waals surface area contributed by atoms with Gasteiger partial charge in [-0.15, -0.1) is 0 Å². The normalized spacial score (nSPS) is 15.3. The molecule has 0 atom stereocenters. The van der Waals surface area contributed by atoms with Crippen LogP contribution in [-0.2, 0) is 0 Å². The van der Waals surface area contributed by atoms with Crippen molar-refractivity contribution in [3.8, 4) is 11.8 Å². The Hall–Kier alpha value is -1.79. The molecule has 112 valence electrons. The van der Waals surface area contributed by atoms with Crippen LogP contribution >= 0.6 is 0 Å². The summed E-state index contributed by atoms with van der Waals surface area (Å²) in [5.41, 5.74) is 8.18. The van der Waals surface area contributed by atoms with E-state index in [0.29, 0.717) is 23.4 Å². The molecule has 0 spiro atoms. The number of benzene rings is 1. The smallest absolute Gasteiger partial charge is 0.252 e. The Kier molecular flexibility index (Phi) is 4.69. The van der Waals surface area contributed by atoms with Crippen LogP contribution in [0.25, 0.3) is 0 Å². The topological polar surface area (TPSA) is 55.1 Å². The average Bonchev–Trinajstić information content (AvgIpc) is 3.24. The lowest BCUT2D eigenvalue weighted by molar-refractivity contribution is 0.0939. The largest absolute Gasteiger partial charge is 0.351 e. The molecule has 1 aliphatic rings. The van der Waals surface area contributed by atoms with Gasteiger partial charge in [0.2, 0.25) is 0 Å². The summed E-state index contributed by atoms with van der Waals surface area (Å²) in [4.78, 5) is 12.5. The van der Waals surface area contributed by atoms with Gasteiger partial charge in [0, 0.05) is 12.1 Å². The molecule has 0 aromatic heterocycles. The minimum Gasteiger partial charge on any atom is -0.351 e. The Bertz CT molecular complexity index is 589. The average molecular weight is 284 g/mol. The number of nitrogens with two attached hydrogens (primary N) is 1. The van der Waals surface area contributed by atoms with Crippen molar-refractivity contribution in [3.63, 3.8) is 0 Å². The zero-order chi connectivity index (χ0) is 15.5. The molecule has 3 N–H and O–H groups in total. The van der Waals surface area contributed by atoms with Crippen LogP contribution in [0.2, 0.25) is 0 Å². The molecule has 0 heterocycles. The van der Waals surface area contributed by atoms with E-state index in [4.69, 9.17) is 5.73 Å². The van der Waals surface area contributed by atoms with Gasteiger partial charge in [0.1, 0.15) is 0 Å². The predicted molar refractivity (Wildman–Crippen MR) is 85.9 cm³/mol. The number of rotatable bonds is 4. The minimum absolute atomic E-state index is 0.0352. The summed E-state index contributed by atoms with van der Waals surface area (Å²) in [5.74, 6) is 6.37. The van der Waals surface area contributed by atoms with Gasteiger partial charge < -0.3 is 11.1 Å². The number of carbonyl (C=O) groups excluding carboxylic acids is 1. The molecule has 1 aliphatic carbocycles. The van der Waals surface area contributed by atoms with E-state index in [9.17, 15) is 4.79 Å². The highest BCUT2D eigenvalue weighted by molar-refractivity contribution is 5.97. The molecule has 1 amide bonds.